The van der Waals surface area contributed by atoms with Gasteiger partial charge in [-0.2, -0.15) is 0 Å². The lowest BCUT2D eigenvalue weighted by atomic mass is 10.0. The molecule has 1 aromatic carbocycles. The molecule has 1 atom stereocenters. The lowest BCUT2D eigenvalue weighted by Gasteiger charge is -2.21. The van der Waals surface area contributed by atoms with Crippen LogP contribution in [0.25, 0.3) is 0 Å². The number of benzene rings is 1. The summed E-state index contributed by atoms with van der Waals surface area (Å²) in [7, 11) is 3.54. The van der Waals surface area contributed by atoms with E-state index >= 15 is 0 Å². The van der Waals surface area contributed by atoms with Crippen LogP contribution in [-0.4, -0.2) is 51.3 Å². The van der Waals surface area contributed by atoms with E-state index in [1.165, 1.54) is 0 Å². The first-order valence-electron chi connectivity index (χ1n) is 10.5. The monoisotopic (exact) mass is 451 g/mol. The predicted octanol–water partition coefficient (Wildman–Crippen LogP) is 3.56. The Morgan fingerprint density at radius 3 is 2.84 bits per heavy atom. The van der Waals surface area contributed by atoms with Gasteiger partial charge in [-0.05, 0) is 42.7 Å². The minimum atomic E-state index is -0.0720. The third-order valence-electron chi connectivity index (χ3n) is 5.43. The molecule has 0 N–H and O–H groups in total. The quantitative estimate of drug-likeness (QED) is 0.380. The van der Waals surface area contributed by atoms with Crippen LogP contribution < -0.4 is 14.4 Å². The number of carbonyl (C=O) groups is 1. The van der Waals surface area contributed by atoms with Crippen LogP contribution in [0.3, 0.4) is 0 Å². The molecule has 8 nitrogen and oxygen atoms in total. The van der Waals surface area contributed by atoms with Gasteiger partial charge in [-0.1, -0.05) is 24.4 Å². The number of thiocarbonyl (C=S) groups is 1. The van der Waals surface area contributed by atoms with Crippen LogP contribution in [-0.2, 0) is 6.54 Å². The number of nitrogens with zero attached hydrogens (tertiary/aromatic N) is 5. The summed E-state index contributed by atoms with van der Waals surface area (Å²) in [6, 6.07) is 11.4. The molecule has 0 amide bonds. The third-order valence-corrected chi connectivity index (χ3v) is 6.04. The van der Waals surface area contributed by atoms with Crippen LogP contribution in [0.4, 0.5) is 5.82 Å². The molecule has 3 aromatic rings. The number of methoxy groups -OCH3 is 1. The van der Waals surface area contributed by atoms with E-state index in [9.17, 15) is 4.79 Å². The van der Waals surface area contributed by atoms with E-state index < -0.39 is 0 Å². The molecule has 0 bridgehead atoms. The largest absolute Gasteiger partial charge is 0.497 e. The zero-order valence-electron chi connectivity index (χ0n) is 18.1. The van der Waals surface area contributed by atoms with Crippen molar-refractivity contribution in [3.05, 3.63) is 60.3 Å². The number of rotatable bonds is 8. The van der Waals surface area contributed by atoms with Gasteiger partial charge in [-0.15, -0.1) is 5.10 Å². The van der Waals surface area contributed by atoms with Crippen LogP contribution in [0.5, 0.6) is 11.5 Å². The molecular weight excluding hydrogens is 426 g/mol. The van der Waals surface area contributed by atoms with Gasteiger partial charge < -0.3 is 14.4 Å². The van der Waals surface area contributed by atoms with Crippen molar-refractivity contribution in [2.45, 2.75) is 25.8 Å². The van der Waals surface area contributed by atoms with Gasteiger partial charge in [0.1, 0.15) is 12.1 Å². The minimum Gasteiger partial charge on any atom is -0.497 e. The Bertz CT molecular complexity index is 1100. The maximum absolute atomic E-state index is 12.6. The van der Waals surface area contributed by atoms with Gasteiger partial charge >= 0.3 is 0 Å². The van der Waals surface area contributed by atoms with Crippen LogP contribution in [0, 0.1) is 5.92 Å². The first-order valence-corrected chi connectivity index (χ1v) is 10.9. The second-order valence-corrected chi connectivity index (χ2v) is 8.08. The van der Waals surface area contributed by atoms with E-state index in [2.05, 4.69) is 15.1 Å². The molecular formula is C23H25N5O3S. The second kappa shape index (κ2) is 9.86. The Kier molecular flexibility index (Phi) is 6.75. The van der Waals surface area contributed by atoms with E-state index in [-0.39, 0.29) is 17.5 Å². The summed E-state index contributed by atoms with van der Waals surface area (Å²) in [6.07, 6.45) is 5.10. The molecule has 166 valence electrons. The van der Waals surface area contributed by atoms with Gasteiger partial charge in [-0.3, -0.25) is 4.79 Å². The number of anilines is 1. The van der Waals surface area contributed by atoms with Gasteiger partial charge in [0.05, 0.1) is 25.2 Å². The Morgan fingerprint density at radius 2 is 2.06 bits per heavy atom. The summed E-state index contributed by atoms with van der Waals surface area (Å²) in [5.41, 5.74) is 1.05. The average molecular weight is 452 g/mol. The highest BCUT2D eigenvalue weighted by atomic mass is 32.1. The maximum Gasteiger partial charge on any atom is 0.217 e. The zero-order chi connectivity index (χ0) is 22.5. The highest BCUT2D eigenvalue weighted by molar-refractivity contribution is 7.80. The second-order valence-electron chi connectivity index (χ2n) is 7.66. The zero-order valence-corrected chi connectivity index (χ0v) is 18.9. The molecule has 0 aliphatic carbocycles. The number of hydrogen-bond acceptors (Lipinski definition) is 7. The molecule has 0 spiro atoms. The molecule has 0 radical (unpaired) electrons. The summed E-state index contributed by atoms with van der Waals surface area (Å²) in [5.74, 6) is 2.46. The third kappa shape index (κ3) is 4.94. The summed E-state index contributed by atoms with van der Waals surface area (Å²) >= 11 is 5.65. The maximum atomic E-state index is 12.6. The number of ether oxygens (including phenoxy) is 2. The van der Waals surface area contributed by atoms with Crippen molar-refractivity contribution < 1.29 is 14.3 Å². The lowest BCUT2D eigenvalue weighted by molar-refractivity contribution is 0.0967. The fraction of sp³-hybridized carbons (Fsp3) is 0.348. The number of pyridine rings is 1. The van der Waals surface area contributed by atoms with Crippen molar-refractivity contribution in [2.75, 3.05) is 25.7 Å². The topological polar surface area (TPSA) is 82.4 Å². The number of fused-ring (bicyclic) bond motifs is 1. The smallest absolute Gasteiger partial charge is 0.217 e. The van der Waals surface area contributed by atoms with Crippen molar-refractivity contribution in [3.8, 4) is 11.5 Å². The average Bonchev–Trinajstić information content (AvgIpc) is 3.25. The molecule has 0 saturated carbocycles. The molecule has 32 heavy (non-hydrogen) atoms. The van der Waals surface area contributed by atoms with Gasteiger partial charge in [0.15, 0.2) is 11.6 Å². The van der Waals surface area contributed by atoms with E-state index in [1.54, 1.807) is 24.3 Å². The SMILES string of the molecule is COc1ccc(Cn2cnc(C(=O)CCC[C@H]3COc4cccnc4N(C)C3=S)n2)cc1. The van der Waals surface area contributed by atoms with Crippen molar-refractivity contribution in [3.63, 3.8) is 0 Å². The standard InChI is InChI=1S/C23H25N5O3S/c1-27-22-20(7-4-12-24-22)31-14-17(23(27)32)5-3-6-19(29)21-25-15-28(26-21)13-16-8-10-18(30-2)11-9-16/h4,7-12,15,17H,3,5-6,13-14H2,1-2H3/t17-/m0/s1. The highest BCUT2D eigenvalue weighted by Gasteiger charge is 2.27. The van der Waals surface area contributed by atoms with Crippen LogP contribution in [0.15, 0.2) is 48.9 Å². The summed E-state index contributed by atoms with van der Waals surface area (Å²) in [4.78, 5) is 23.8. The number of hydrogen-bond donors (Lipinski definition) is 0. The van der Waals surface area contributed by atoms with Crippen molar-refractivity contribution >= 4 is 28.8 Å². The van der Waals surface area contributed by atoms with Crippen LogP contribution >= 0.6 is 12.2 Å². The Morgan fingerprint density at radius 1 is 1.25 bits per heavy atom. The Balaban J connectivity index is 1.29. The first-order chi connectivity index (χ1) is 15.5. The fourth-order valence-corrected chi connectivity index (χ4v) is 3.90. The molecule has 1 aliphatic heterocycles. The van der Waals surface area contributed by atoms with Crippen molar-refractivity contribution in [1.29, 1.82) is 0 Å². The van der Waals surface area contributed by atoms with E-state index in [0.717, 1.165) is 34.3 Å². The molecule has 0 fully saturated rings. The number of aromatic nitrogens is 4. The molecule has 0 unspecified atom stereocenters. The molecule has 9 heteroatoms. The number of ketones is 1. The molecule has 0 saturated heterocycles. The first kappa shape index (κ1) is 21.9. The van der Waals surface area contributed by atoms with Gasteiger partial charge in [0, 0.05) is 25.6 Å². The van der Waals surface area contributed by atoms with Gasteiger partial charge in [0.2, 0.25) is 11.6 Å². The summed E-state index contributed by atoms with van der Waals surface area (Å²) in [5, 5.41) is 4.34. The Labute approximate surface area is 192 Å². The van der Waals surface area contributed by atoms with E-state index in [1.807, 2.05) is 48.3 Å². The van der Waals surface area contributed by atoms with E-state index in [4.69, 9.17) is 21.7 Å². The van der Waals surface area contributed by atoms with Crippen LogP contribution in [0.2, 0.25) is 0 Å². The molecule has 1 aliphatic rings. The highest BCUT2D eigenvalue weighted by Crippen LogP contribution is 2.31. The van der Waals surface area contributed by atoms with Crippen LogP contribution in [0.1, 0.15) is 35.4 Å². The number of Topliss-reactive ketones (excluding diaryl/α,β-unsaturated/α-hetero) is 1. The predicted molar refractivity (Wildman–Crippen MR) is 125 cm³/mol. The van der Waals surface area contributed by atoms with E-state index in [0.29, 0.717) is 26.0 Å². The lowest BCUT2D eigenvalue weighted by Crippen LogP contribution is -2.32. The van der Waals surface area contributed by atoms with Gasteiger partial charge in [-0.25, -0.2) is 14.6 Å². The van der Waals surface area contributed by atoms with Gasteiger partial charge in [0.25, 0.3) is 0 Å². The normalized spacial score (nSPS) is 15.6. The summed E-state index contributed by atoms with van der Waals surface area (Å²) < 4.78 is 12.7. The molecule has 2 aromatic heterocycles. The molecule has 4 rings (SSSR count). The van der Waals surface area contributed by atoms with Crippen molar-refractivity contribution in [1.82, 2.24) is 19.7 Å². The van der Waals surface area contributed by atoms with Crippen molar-refractivity contribution in [2.24, 2.45) is 5.92 Å². The Hall–Kier alpha value is -3.33. The summed E-state index contributed by atoms with van der Waals surface area (Å²) in [6.45, 7) is 1.02. The minimum absolute atomic E-state index is 0.0394. The molecule has 3 heterocycles. The number of carbonyl (C=O) groups excluding carboxylic acids is 1. The fourth-order valence-electron chi connectivity index (χ4n) is 3.63.